The summed E-state index contributed by atoms with van der Waals surface area (Å²) in [5.74, 6) is 0. The molecule has 0 atom stereocenters. The molecule has 0 aromatic heterocycles. The molecule has 0 nitrogen and oxygen atoms in total. The lowest BCUT2D eigenvalue weighted by atomic mass is 9.27. The Kier molecular flexibility index (Phi) is 1.98. The van der Waals surface area contributed by atoms with Gasteiger partial charge in [0.15, 0.2) is 0 Å². The molecule has 0 amide bonds. The van der Waals surface area contributed by atoms with E-state index in [1.54, 1.807) is 0 Å². The van der Waals surface area contributed by atoms with Crippen LogP contribution in [0, 0.1) is 21.7 Å². The van der Waals surface area contributed by atoms with E-state index in [1.165, 1.54) is 6.42 Å². The van der Waals surface area contributed by atoms with Crippen LogP contribution in [0.4, 0.5) is 0 Å². The zero-order valence-electron chi connectivity index (χ0n) is 10.7. The van der Waals surface area contributed by atoms with Gasteiger partial charge in [0.05, 0.1) is 0 Å². The van der Waals surface area contributed by atoms with Crippen LogP contribution in [0.5, 0.6) is 0 Å². The van der Waals surface area contributed by atoms with Crippen LogP contribution in [-0.4, -0.2) is 0 Å². The summed E-state index contributed by atoms with van der Waals surface area (Å²) in [5.41, 5.74) is 1.85. The monoisotopic (exact) mass is 182 g/mol. The fourth-order valence-electron chi connectivity index (χ4n) is 3.76. The van der Waals surface area contributed by atoms with Crippen molar-refractivity contribution in [2.24, 2.45) is 21.7 Å². The van der Waals surface area contributed by atoms with E-state index in [9.17, 15) is 0 Å². The van der Waals surface area contributed by atoms with Gasteiger partial charge in [0.2, 0.25) is 0 Å². The van der Waals surface area contributed by atoms with Gasteiger partial charge in [0, 0.05) is 0 Å². The Morgan fingerprint density at radius 3 is 1.08 bits per heavy atom. The third-order valence-electron chi connectivity index (χ3n) is 6.59. The Hall–Kier alpha value is 0. The molecule has 0 unspecified atom stereocenters. The largest absolute Gasteiger partial charge is 0.0648 e. The highest BCUT2D eigenvalue weighted by molar-refractivity contribution is 5.20. The Morgan fingerprint density at radius 2 is 0.923 bits per heavy atom. The predicted molar refractivity (Wildman–Crippen MR) is 59.7 cm³/mol. The van der Waals surface area contributed by atoms with Crippen LogP contribution in [0.2, 0.25) is 0 Å². The summed E-state index contributed by atoms with van der Waals surface area (Å²) in [5, 5.41) is 0. The molecule has 1 saturated carbocycles. The van der Waals surface area contributed by atoms with E-state index in [2.05, 4.69) is 55.4 Å². The lowest BCUT2D eigenvalue weighted by Gasteiger charge is -2.77. The third kappa shape index (κ3) is 0.789. The van der Waals surface area contributed by atoms with E-state index < -0.39 is 0 Å². The molecule has 13 heavy (non-hydrogen) atoms. The Morgan fingerprint density at radius 1 is 0.615 bits per heavy atom. The molecule has 0 heterocycles. The van der Waals surface area contributed by atoms with Crippen molar-refractivity contribution in [3.8, 4) is 0 Å². The third-order valence-corrected chi connectivity index (χ3v) is 6.59. The van der Waals surface area contributed by atoms with E-state index in [-0.39, 0.29) is 0 Å². The summed E-state index contributed by atoms with van der Waals surface area (Å²) >= 11 is 0. The van der Waals surface area contributed by atoms with Crippen LogP contribution in [0.25, 0.3) is 0 Å². The van der Waals surface area contributed by atoms with Crippen molar-refractivity contribution in [3.05, 3.63) is 0 Å². The van der Waals surface area contributed by atoms with Crippen molar-refractivity contribution in [2.75, 3.05) is 0 Å². The summed E-state index contributed by atoms with van der Waals surface area (Å²) in [7, 11) is 0. The van der Waals surface area contributed by atoms with Crippen molar-refractivity contribution in [1.29, 1.82) is 0 Å². The van der Waals surface area contributed by atoms with Gasteiger partial charge in [-0.2, -0.15) is 0 Å². The summed E-state index contributed by atoms with van der Waals surface area (Å²) in [6.45, 7) is 19.4. The van der Waals surface area contributed by atoms with Crippen LogP contribution in [0.15, 0.2) is 0 Å². The van der Waals surface area contributed by atoms with Crippen LogP contribution in [-0.2, 0) is 0 Å². The average molecular weight is 182 g/mol. The summed E-state index contributed by atoms with van der Waals surface area (Å²) in [6, 6.07) is 0. The zero-order chi connectivity index (χ0) is 10.7. The topological polar surface area (TPSA) is 0 Å². The minimum atomic E-state index is 0.449. The Bertz CT molecular complexity index is 200. The molecule has 0 aliphatic heterocycles. The highest BCUT2D eigenvalue weighted by Gasteiger charge is 2.72. The minimum Gasteiger partial charge on any atom is -0.0648 e. The maximum atomic E-state index is 2.46. The fourth-order valence-corrected chi connectivity index (χ4v) is 3.76. The second kappa shape index (κ2) is 2.32. The molecular formula is C13H26. The van der Waals surface area contributed by atoms with Gasteiger partial charge in [-0.3, -0.25) is 0 Å². The lowest BCUT2D eigenvalue weighted by Crippen LogP contribution is -2.71. The van der Waals surface area contributed by atoms with Gasteiger partial charge in [-0.05, 0) is 28.1 Å². The van der Waals surface area contributed by atoms with Gasteiger partial charge in [-0.25, -0.2) is 0 Å². The van der Waals surface area contributed by atoms with Crippen molar-refractivity contribution >= 4 is 0 Å². The second-order valence-electron chi connectivity index (χ2n) is 6.56. The van der Waals surface area contributed by atoms with Crippen molar-refractivity contribution in [1.82, 2.24) is 0 Å². The smallest absolute Gasteiger partial charge is 0.0215 e. The predicted octanol–water partition coefficient (Wildman–Crippen LogP) is 4.49. The van der Waals surface area contributed by atoms with Gasteiger partial charge >= 0.3 is 0 Å². The van der Waals surface area contributed by atoms with E-state index in [0.29, 0.717) is 21.7 Å². The molecule has 0 aromatic rings. The maximum absolute atomic E-state index is 2.46. The first-order chi connectivity index (χ1) is 5.56. The zero-order valence-corrected chi connectivity index (χ0v) is 10.7. The number of hydrogen-bond acceptors (Lipinski definition) is 0. The summed E-state index contributed by atoms with van der Waals surface area (Å²) < 4.78 is 0. The van der Waals surface area contributed by atoms with Crippen molar-refractivity contribution in [3.63, 3.8) is 0 Å². The lowest BCUT2D eigenvalue weighted by molar-refractivity contribution is -0.293. The first kappa shape index (κ1) is 11.1. The Balaban J connectivity index is 3.18. The normalized spacial score (nSPS) is 32.3. The van der Waals surface area contributed by atoms with Crippen molar-refractivity contribution < 1.29 is 0 Å². The molecule has 0 spiro atoms. The summed E-state index contributed by atoms with van der Waals surface area (Å²) in [6.07, 6.45) is 1.29. The van der Waals surface area contributed by atoms with Crippen LogP contribution >= 0.6 is 0 Å². The maximum Gasteiger partial charge on any atom is -0.0215 e. The number of rotatable bonds is 1. The van der Waals surface area contributed by atoms with E-state index in [1.807, 2.05) is 0 Å². The molecule has 1 aliphatic carbocycles. The van der Waals surface area contributed by atoms with E-state index in [0.717, 1.165) is 0 Å². The summed E-state index contributed by atoms with van der Waals surface area (Å²) in [4.78, 5) is 0. The van der Waals surface area contributed by atoms with E-state index >= 15 is 0 Å². The molecule has 1 rings (SSSR count). The first-order valence-corrected chi connectivity index (χ1v) is 5.56. The average Bonchev–Trinajstić information content (AvgIpc) is 2.00. The molecule has 0 saturated heterocycles. The van der Waals surface area contributed by atoms with Gasteiger partial charge < -0.3 is 0 Å². The van der Waals surface area contributed by atoms with Gasteiger partial charge in [-0.15, -0.1) is 0 Å². The molecule has 0 radical (unpaired) electrons. The molecule has 1 aliphatic rings. The first-order valence-electron chi connectivity index (χ1n) is 5.56. The van der Waals surface area contributed by atoms with Gasteiger partial charge in [0.25, 0.3) is 0 Å². The second-order valence-corrected chi connectivity index (χ2v) is 6.56. The molecule has 1 fully saturated rings. The molecule has 78 valence electrons. The van der Waals surface area contributed by atoms with Crippen LogP contribution in [0.3, 0.4) is 0 Å². The standard InChI is InChI=1S/C13H26/c1-9-13(8)11(4,5)10(2,3)12(13,6)7/h9H2,1-8H3. The fraction of sp³-hybridized carbons (Fsp3) is 1.00. The van der Waals surface area contributed by atoms with E-state index in [4.69, 9.17) is 0 Å². The van der Waals surface area contributed by atoms with Crippen LogP contribution in [0.1, 0.15) is 61.8 Å². The molecular weight excluding hydrogens is 156 g/mol. The molecule has 0 aromatic carbocycles. The van der Waals surface area contributed by atoms with Gasteiger partial charge in [-0.1, -0.05) is 55.4 Å². The van der Waals surface area contributed by atoms with Gasteiger partial charge in [0.1, 0.15) is 0 Å². The quantitative estimate of drug-likeness (QED) is 0.560. The van der Waals surface area contributed by atoms with Crippen molar-refractivity contribution in [2.45, 2.75) is 61.8 Å². The number of hydrogen-bond donors (Lipinski definition) is 0. The van der Waals surface area contributed by atoms with Crippen LogP contribution < -0.4 is 0 Å². The minimum absolute atomic E-state index is 0.449. The highest BCUT2D eigenvalue weighted by atomic mass is 14.8. The highest BCUT2D eigenvalue weighted by Crippen LogP contribution is 2.78. The SMILES string of the molecule is CCC1(C)C(C)(C)C(C)(C)C1(C)C. The molecule has 0 heteroatoms. The molecule has 0 N–H and O–H groups in total. The Labute approximate surface area is 84.1 Å². The molecule has 0 bridgehead atoms.